The number of ether oxygens (including phenoxy) is 1. The molecule has 0 bridgehead atoms. The van der Waals surface area contributed by atoms with Crippen LogP contribution in [0.4, 0.5) is 13.2 Å². The second-order valence-corrected chi connectivity index (χ2v) is 8.10. The van der Waals surface area contributed by atoms with Gasteiger partial charge in [0.2, 0.25) is 0 Å². The number of halogens is 3. The number of aryl methyl sites for hydroxylation is 1. The number of hydrogen-bond donors (Lipinski definition) is 0. The Hall–Kier alpha value is -3.63. The fourth-order valence-corrected chi connectivity index (χ4v) is 3.71. The van der Waals surface area contributed by atoms with Crippen molar-refractivity contribution in [1.29, 1.82) is 0 Å². The predicted molar refractivity (Wildman–Crippen MR) is 133 cm³/mol. The zero-order valence-corrected chi connectivity index (χ0v) is 19.1. The summed E-state index contributed by atoms with van der Waals surface area (Å²) in [5.41, 5.74) is 4.88. The third-order valence-corrected chi connectivity index (χ3v) is 5.66. The van der Waals surface area contributed by atoms with Gasteiger partial charge in [-0.2, -0.15) is 0 Å². The molecule has 0 atom stereocenters. The molecule has 0 unspecified atom stereocenters. The van der Waals surface area contributed by atoms with Gasteiger partial charge in [0.25, 0.3) is 0 Å². The summed E-state index contributed by atoms with van der Waals surface area (Å²) >= 11 is 0. The Morgan fingerprint density at radius 3 is 2.03 bits per heavy atom. The number of hydrogen-bond acceptors (Lipinski definition) is 1. The summed E-state index contributed by atoms with van der Waals surface area (Å²) in [6.07, 6.45) is 3.24. The van der Waals surface area contributed by atoms with Crippen LogP contribution in [0.15, 0.2) is 78.9 Å². The maximum Gasteiger partial charge on any atom is 0.167 e. The highest BCUT2D eigenvalue weighted by Gasteiger charge is 2.13. The smallest absolute Gasteiger partial charge is 0.167 e. The van der Waals surface area contributed by atoms with Gasteiger partial charge in [-0.3, -0.25) is 0 Å². The van der Waals surface area contributed by atoms with Gasteiger partial charge in [-0.25, -0.2) is 13.2 Å². The Kier molecular flexibility index (Phi) is 7.29. The third-order valence-electron chi connectivity index (χ3n) is 5.66. The summed E-state index contributed by atoms with van der Waals surface area (Å²) in [5.74, 6) is -2.07. The summed E-state index contributed by atoms with van der Waals surface area (Å²) in [7, 11) is 0. The topological polar surface area (TPSA) is 9.23 Å². The van der Waals surface area contributed by atoms with Gasteiger partial charge in [-0.15, -0.1) is 0 Å². The van der Waals surface area contributed by atoms with E-state index in [2.05, 4.69) is 0 Å². The van der Waals surface area contributed by atoms with Gasteiger partial charge in [0, 0.05) is 23.3 Å². The molecule has 0 N–H and O–H groups in total. The molecule has 0 aliphatic heterocycles. The molecule has 4 aromatic carbocycles. The minimum absolute atomic E-state index is 0.161. The zero-order chi connectivity index (χ0) is 24.1. The predicted octanol–water partition coefficient (Wildman–Crippen LogP) is 8.45. The van der Waals surface area contributed by atoms with Crippen molar-refractivity contribution in [2.75, 3.05) is 6.61 Å². The van der Waals surface area contributed by atoms with Crippen molar-refractivity contribution in [3.63, 3.8) is 0 Å². The fraction of sp³-hybridized carbons (Fsp3) is 0.133. The Morgan fingerprint density at radius 2 is 1.35 bits per heavy atom. The molecule has 0 heterocycles. The second kappa shape index (κ2) is 10.5. The van der Waals surface area contributed by atoms with Crippen LogP contribution in [-0.2, 0) is 11.3 Å². The van der Waals surface area contributed by atoms with Gasteiger partial charge in [0.05, 0.1) is 6.61 Å². The summed E-state index contributed by atoms with van der Waals surface area (Å²) in [6.45, 7) is 4.79. The molecule has 0 aliphatic rings. The van der Waals surface area contributed by atoms with E-state index in [4.69, 9.17) is 4.74 Å². The minimum atomic E-state index is -0.889. The highest BCUT2D eigenvalue weighted by atomic mass is 19.2. The van der Waals surface area contributed by atoms with E-state index in [1.54, 1.807) is 48.5 Å². The van der Waals surface area contributed by atoms with Gasteiger partial charge >= 0.3 is 0 Å². The lowest BCUT2D eigenvalue weighted by Crippen LogP contribution is -1.94. The molecule has 0 radical (unpaired) electrons. The summed E-state index contributed by atoms with van der Waals surface area (Å²) in [4.78, 5) is 0. The first-order valence-electron chi connectivity index (χ1n) is 11.2. The molecule has 172 valence electrons. The lowest BCUT2D eigenvalue weighted by molar-refractivity contribution is 0.134. The van der Waals surface area contributed by atoms with Crippen LogP contribution >= 0.6 is 0 Å². The second-order valence-electron chi connectivity index (χ2n) is 8.10. The van der Waals surface area contributed by atoms with Gasteiger partial charge in [-0.05, 0) is 42.2 Å². The molecule has 0 saturated carbocycles. The van der Waals surface area contributed by atoms with Crippen molar-refractivity contribution in [2.45, 2.75) is 20.5 Å². The molecular weight excluding hydrogens is 433 g/mol. The summed E-state index contributed by atoms with van der Waals surface area (Å²) in [6, 6.07) is 22.7. The van der Waals surface area contributed by atoms with Crippen molar-refractivity contribution in [3.8, 4) is 22.3 Å². The normalized spacial score (nSPS) is 11.3. The quantitative estimate of drug-likeness (QED) is 0.252. The first-order chi connectivity index (χ1) is 16.5. The Bertz CT molecular complexity index is 1310. The van der Waals surface area contributed by atoms with Crippen LogP contribution in [0.2, 0.25) is 0 Å². The summed E-state index contributed by atoms with van der Waals surface area (Å²) < 4.78 is 49.3. The third kappa shape index (κ3) is 5.29. The lowest BCUT2D eigenvalue weighted by Gasteiger charge is -2.08. The van der Waals surface area contributed by atoms with Crippen molar-refractivity contribution >= 4 is 12.2 Å². The molecule has 0 aromatic heterocycles. The van der Waals surface area contributed by atoms with Crippen molar-refractivity contribution in [1.82, 2.24) is 0 Å². The molecule has 4 rings (SSSR count). The van der Waals surface area contributed by atoms with E-state index in [9.17, 15) is 13.2 Å². The first-order valence-corrected chi connectivity index (χ1v) is 11.2. The van der Waals surface area contributed by atoms with E-state index in [0.717, 1.165) is 22.3 Å². The van der Waals surface area contributed by atoms with Crippen LogP contribution < -0.4 is 0 Å². The minimum Gasteiger partial charge on any atom is -0.377 e. The molecule has 0 spiro atoms. The Morgan fingerprint density at radius 1 is 0.706 bits per heavy atom. The largest absolute Gasteiger partial charge is 0.377 e. The highest BCUT2D eigenvalue weighted by Crippen LogP contribution is 2.28. The average Bonchev–Trinajstić information content (AvgIpc) is 2.85. The molecule has 0 saturated heterocycles. The maximum atomic E-state index is 14.7. The van der Waals surface area contributed by atoms with Crippen LogP contribution in [0.25, 0.3) is 34.4 Å². The molecule has 34 heavy (non-hydrogen) atoms. The van der Waals surface area contributed by atoms with Crippen molar-refractivity contribution in [2.24, 2.45) is 0 Å². The number of benzene rings is 4. The molecule has 1 nitrogen and oxygen atoms in total. The van der Waals surface area contributed by atoms with Gasteiger partial charge in [0.15, 0.2) is 11.6 Å². The monoisotopic (exact) mass is 458 g/mol. The Labute approximate surface area is 198 Å². The van der Waals surface area contributed by atoms with Crippen LogP contribution in [0.3, 0.4) is 0 Å². The molecule has 4 heteroatoms. The van der Waals surface area contributed by atoms with Crippen LogP contribution in [-0.4, -0.2) is 6.61 Å². The van der Waals surface area contributed by atoms with Crippen LogP contribution in [0.1, 0.15) is 29.2 Å². The van der Waals surface area contributed by atoms with E-state index in [1.807, 2.05) is 44.2 Å². The summed E-state index contributed by atoms with van der Waals surface area (Å²) in [5, 5.41) is 0. The Balaban J connectivity index is 1.51. The van der Waals surface area contributed by atoms with E-state index >= 15 is 0 Å². The SMILES string of the molecule is CCOCc1ccc(-c2ccc(/C=C/c3ccc(-c4ccc(C)cc4)c(F)c3F)cc2)c(F)c1. The van der Waals surface area contributed by atoms with Gasteiger partial charge < -0.3 is 4.74 Å². The fourth-order valence-electron chi connectivity index (χ4n) is 3.71. The van der Waals surface area contributed by atoms with Crippen LogP contribution in [0.5, 0.6) is 0 Å². The molecule has 4 aromatic rings. The maximum absolute atomic E-state index is 14.7. The zero-order valence-electron chi connectivity index (χ0n) is 19.1. The average molecular weight is 459 g/mol. The van der Waals surface area contributed by atoms with Crippen LogP contribution in [0, 0.1) is 24.4 Å². The standard InChI is InChI=1S/C30H25F3O/c1-3-34-19-22-9-16-26(28(31)18-22)23-12-6-21(7-13-23)8-14-25-15-17-27(30(33)29(25)32)24-10-4-20(2)5-11-24/h4-18H,3,19H2,1-2H3/b14-8+. The van der Waals surface area contributed by atoms with E-state index in [-0.39, 0.29) is 16.9 Å². The lowest BCUT2D eigenvalue weighted by atomic mass is 10.00. The first kappa shape index (κ1) is 23.5. The van der Waals surface area contributed by atoms with Crippen molar-refractivity contribution < 1.29 is 17.9 Å². The molecule has 0 aliphatic carbocycles. The van der Waals surface area contributed by atoms with Gasteiger partial charge in [0.1, 0.15) is 5.82 Å². The van der Waals surface area contributed by atoms with E-state index in [0.29, 0.717) is 24.3 Å². The molecular formula is C30H25F3O. The highest BCUT2D eigenvalue weighted by molar-refractivity contribution is 5.74. The number of rotatable bonds is 7. The molecule has 0 fully saturated rings. The van der Waals surface area contributed by atoms with Crippen molar-refractivity contribution in [3.05, 3.63) is 119 Å². The van der Waals surface area contributed by atoms with Gasteiger partial charge in [-0.1, -0.05) is 90.5 Å². The van der Waals surface area contributed by atoms with E-state index < -0.39 is 11.6 Å². The van der Waals surface area contributed by atoms with E-state index in [1.165, 1.54) is 12.1 Å². The molecule has 0 amide bonds.